The number of rotatable bonds is 6. The van der Waals surface area contributed by atoms with Crippen LogP contribution in [0, 0.1) is 0 Å². The molecule has 1 aliphatic heterocycles. The third-order valence-corrected chi connectivity index (χ3v) is 4.45. The van der Waals surface area contributed by atoms with Gasteiger partial charge in [0.25, 0.3) is 5.91 Å². The van der Waals surface area contributed by atoms with Crippen LogP contribution in [-0.4, -0.2) is 68.1 Å². The first kappa shape index (κ1) is 17.0. The van der Waals surface area contributed by atoms with Crippen LogP contribution < -0.4 is 9.47 Å². The van der Waals surface area contributed by atoms with Crippen LogP contribution in [0.15, 0.2) is 36.8 Å². The molecular formula is C17H19N7O3. The van der Waals surface area contributed by atoms with Gasteiger partial charge in [-0.2, -0.15) is 15.0 Å². The molecule has 0 radical (unpaired) electrons. The van der Waals surface area contributed by atoms with Crippen molar-refractivity contribution in [1.29, 1.82) is 0 Å². The van der Waals surface area contributed by atoms with Gasteiger partial charge < -0.3 is 14.4 Å². The quantitative estimate of drug-likeness (QED) is 0.628. The van der Waals surface area contributed by atoms with Crippen molar-refractivity contribution in [3.63, 3.8) is 0 Å². The highest BCUT2D eigenvalue weighted by Gasteiger charge is 2.33. The number of likely N-dealkylation sites (tertiary alicyclic amines) is 1. The lowest BCUT2D eigenvalue weighted by Crippen LogP contribution is -2.50. The van der Waals surface area contributed by atoms with Crippen molar-refractivity contribution in [2.24, 2.45) is 0 Å². The molecule has 2 aromatic heterocycles. The number of hydrogen-bond donors (Lipinski definition) is 0. The number of nitrogens with zero attached hydrogens (tertiary/aromatic N) is 7. The summed E-state index contributed by atoms with van der Waals surface area (Å²) < 4.78 is 12.2. The van der Waals surface area contributed by atoms with Gasteiger partial charge in [0.2, 0.25) is 0 Å². The SMILES string of the molecule is COc1cc(OC)cc(C(=O)N2CC(n3cc(Cn4nccn4)nn3)C2)c1. The molecule has 0 spiro atoms. The molecule has 1 aliphatic rings. The first-order chi connectivity index (χ1) is 13.2. The van der Waals surface area contributed by atoms with Crippen LogP contribution in [0.4, 0.5) is 0 Å². The number of hydrogen-bond acceptors (Lipinski definition) is 7. The molecular weight excluding hydrogens is 350 g/mol. The number of carbonyl (C=O) groups excluding carboxylic acids is 1. The normalized spacial score (nSPS) is 14.1. The summed E-state index contributed by atoms with van der Waals surface area (Å²) in [6.07, 6.45) is 5.10. The Balaban J connectivity index is 1.39. The van der Waals surface area contributed by atoms with E-state index in [2.05, 4.69) is 20.5 Å². The van der Waals surface area contributed by atoms with Crippen LogP contribution in [0.3, 0.4) is 0 Å². The zero-order valence-electron chi connectivity index (χ0n) is 15.0. The maximum Gasteiger partial charge on any atom is 0.254 e. The number of methoxy groups -OCH3 is 2. The third kappa shape index (κ3) is 3.46. The Labute approximate surface area is 155 Å². The summed E-state index contributed by atoms with van der Waals surface area (Å²) >= 11 is 0. The number of carbonyl (C=O) groups is 1. The van der Waals surface area contributed by atoms with Crippen LogP contribution in [-0.2, 0) is 6.54 Å². The molecule has 0 N–H and O–H groups in total. The summed E-state index contributed by atoms with van der Waals surface area (Å²) in [4.78, 5) is 16.0. The molecule has 1 fully saturated rings. The molecule has 0 aliphatic carbocycles. The zero-order valence-corrected chi connectivity index (χ0v) is 15.0. The highest BCUT2D eigenvalue weighted by Crippen LogP contribution is 2.27. The van der Waals surface area contributed by atoms with E-state index in [1.807, 2.05) is 6.20 Å². The molecule has 1 saturated heterocycles. The van der Waals surface area contributed by atoms with Gasteiger partial charge in [0.1, 0.15) is 23.7 Å². The minimum Gasteiger partial charge on any atom is -0.497 e. The van der Waals surface area contributed by atoms with Gasteiger partial charge in [0.15, 0.2) is 0 Å². The number of ether oxygens (including phenoxy) is 2. The van der Waals surface area contributed by atoms with Gasteiger partial charge in [-0.25, -0.2) is 4.68 Å². The van der Waals surface area contributed by atoms with E-state index >= 15 is 0 Å². The summed E-state index contributed by atoms with van der Waals surface area (Å²) in [6, 6.07) is 5.26. The minimum atomic E-state index is -0.0653. The summed E-state index contributed by atoms with van der Waals surface area (Å²) in [5.41, 5.74) is 1.31. The molecule has 1 aromatic carbocycles. The average molecular weight is 369 g/mol. The second-order valence-corrected chi connectivity index (χ2v) is 6.21. The first-order valence-corrected chi connectivity index (χ1v) is 8.43. The molecule has 10 nitrogen and oxygen atoms in total. The lowest BCUT2D eigenvalue weighted by Gasteiger charge is -2.38. The lowest BCUT2D eigenvalue weighted by atomic mass is 10.1. The second kappa shape index (κ2) is 7.06. The van der Waals surface area contributed by atoms with Crippen LogP contribution in [0.2, 0.25) is 0 Å². The van der Waals surface area contributed by atoms with Gasteiger partial charge in [0, 0.05) is 24.7 Å². The van der Waals surface area contributed by atoms with Crippen molar-refractivity contribution in [2.75, 3.05) is 27.3 Å². The van der Waals surface area contributed by atoms with Crippen molar-refractivity contribution in [3.8, 4) is 11.5 Å². The summed E-state index contributed by atoms with van der Waals surface area (Å²) in [5, 5.41) is 16.4. The van der Waals surface area contributed by atoms with Crippen molar-refractivity contribution < 1.29 is 14.3 Å². The van der Waals surface area contributed by atoms with E-state index in [1.54, 1.807) is 59.2 Å². The van der Waals surface area contributed by atoms with Crippen molar-refractivity contribution in [2.45, 2.75) is 12.6 Å². The predicted octanol–water partition coefficient (Wildman–Crippen LogP) is 0.632. The number of aromatic nitrogens is 6. The largest absolute Gasteiger partial charge is 0.497 e. The Kier molecular flexibility index (Phi) is 4.45. The smallest absolute Gasteiger partial charge is 0.254 e. The summed E-state index contributed by atoms with van der Waals surface area (Å²) in [5.74, 6) is 1.11. The Morgan fingerprint density at radius 3 is 2.41 bits per heavy atom. The fraction of sp³-hybridized carbons (Fsp3) is 0.353. The van der Waals surface area contributed by atoms with E-state index in [0.29, 0.717) is 36.7 Å². The maximum atomic E-state index is 12.7. The van der Waals surface area contributed by atoms with E-state index < -0.39 is 0 Å². The zero-order chi connectivity index (χ0) is 18.8. The summed E-state index contributed by atoms with van der Waals surface area (Å²) in [7, 11) is 3.12. The molecule has 0 atom stereocenters. The van der Waals surface area contributed by atoms with Crippen molar-refractivity contribution in [1.82, 2.24) is 34.9 Å². The Hall–Kier alpha value is -3.43. The van der Waals surface area contributed by atoms with Crippen molar-refractivity contribution in [3.05, 3.63) is 48.0 Å². The van der Waals surface area contributed by atoms with Crippen LogP contribution in [0.1, 0.15) is 22.1 Å². The fourth-order valence-electron chi connectivity index (χ4n) is 2.94. The van der Waals surface area contributed by atoms with E-state index in [4.69, 9.17) is 9.47 Å². The van der Waals surface area contributed by atoms with E-state index in [1.165, 1.54) is 0 Å². The van der Waals surface area contributed by atoms with Gasteiger partial charge in [-0.05, 0) is 12.1 Å². The van der Waals surface area contributed by atoms with Gasteiger partial charge in [-0.1, -0.05) is 5.21 Å². The monoisotopic (exact) mass is 369 g/mol. The van der Waals surface area contributed by atoms with Crippen LogP contribution >= 0.6 is 0 Å². The number of benzene rings is 1. The van der Waals surface area contributed by atoms with E-state index in [-0.39, 0.29) is 11.9 Å². The number of amides is 1. The van der Waals surface area contributed by atoms with Gasteiger partial charge >= 0.3 is 0 Å². The lowest BCUT2D eigenvalue weighted by molar-refractivity contribution is 0.0497. The first-order valence-electron chi connectivity index (χ1n) is 8.43. The molecule has 4 rings (SSSR count). The Morgan fingerprint density at radius 1 is 1.11 bits per heavy atom. The minimum absolute atomic E-state index is 0.0653. The van der Waals surface area contributed by atoms with Crippen molar-refractivity contribution >= 4 is 5.91 Å². The molecule has 0 saturated carbocycles. The molecule has 3 aromatic rings. The molecule has 27 heavy (non-hydrogen) atoms. The highest BCUT2D eigenvalue weighted by molar-refractivity contribution is 5.95. The van der Waals surface area contributed by atoms with Crippen LogP contribution in [0.5, 0.6) is 11.5 Å². The average Bonchev–Trinajstić information content (AvgIpc) is 3.32. The molecule has 140 valence electrons. The molecule has 10 heteroatoms. The fourth-order valence-corrected chi connectivity index (χ4v) is 2.94. The highest BCUT2D eigenvalue weighted by atomic mass is 16.5. The predicted molar refractivity (Wildman–Crippen MR) is 93.6 cm³/mol. The van der Waals surface area contributed by atoms with Gasteiger partial charge in [0.05, 0.1) is 38.9 Å². The van der Waals surface area contributed by atoms with Gasteiger partial charge in [-0.3, -0.25) is 4.79 Å². The van der Waals surface area contributed by atoms with E-state index in [0.717, 1.165) is 5.69 Å². The topological polar surface area (TPSA) is 100 Å². The molecule has 3 heterocycles. The molecule has 0 bridgehead atoms. The molecule has 0 unspecified atom stereocenters. The third-order valence-electron chi connectivity index (χ3n) is 4.45. The van der Waals surface area contributed by atoms with Gasteiger partial charge in [-0.15, -0.1) is 5.10 Å². The molecule has 1 amide bonds. The standard InChI is InChI=1S/C17H19N7O3/c1-26-15-5-12(6-16(7-15)27-2)17(25)22-10-14(11-22)23-8-13(20-21-23)9-24-18-3-4-19-24/h3-8,14H,9-11H2,1-2H3. The summed E-state index contributed by atoms with van der Waals surface area (Å²) in [6.45, 7) is 1.61. The Bertz CT molecular complexity index is 910. The second-order valence-electron chi connectivity index (χ2n) is 6.21. The Morgan fingerprint density at radius 2 is 1.78 bits per heavy atom. The van der Waals surface area contributed by atoms with E-state index in [9.17, 15) is 4.79 Å². The van der Waals surface area contributed by atoms with Crippen LogP contribution in [0.25, 0.3) is 0 Å². The maximum absolute atomic E-state index is 12.7.